The van der Waals surface area contributed by atoms with E-state index in [0.29, 0.717) is 4.47 Å². The standard InChI is InChI=1S/C12H13BrF5NO/c1-3-20-9-5-4-7(13)6-8(9)10(19-2)11(14,15)12(16,17)18/h4-6,10,19H,3H2,1-2H3. The van der Waals surface area contributed by atoms with Gasteiger partial charge in [0, 0.05) is 10.0 Å². The van der Waals surface area contributed by atoms with E-state index in [1.165, 1.54) is 18.2 Å². The zero-order valence-electron chi connectivity index (χ0n) is 10.7. The number of hydrogen-bond donors (Lipinski definition) is 1. The van der Waals surface area contributed by atoms with Crippen LogP contribution in [0.4, 0.5) is 22.0 Å². The van der Waals surface area contributed by atoms with Crippen molar-refractivity contribution in [1.29, 1.82) is 0 Å². The molecule has 114 valence electrons. The first-order valence-electron chi connectivity index (χ1n) is 5.69. The Balaban J connectivity index is 3.34. The maximum Gasteiger partial charge on any atom is 0.455 e. The molecule has 1 unspecified atom stereocenters. The molecule has 1 aromatic carbocycles. The second kappa shape index (κ2) is 6.26. The molecule has 2 nitrogen and oxygen atoms in total. The fraction of sp³-hybridized carbons (Fsp3) is 0.500. The minimum absolute atomic E-state index is 0.0148. The Bertz CT molecular complexity index is 464. The van der Waals surface area contributed by atoms with Crippen LogP contribution in [0.25, 0.3) is 0 Å². The summed E-state index contributed by atoms with van der Waals surface area (Å²) in [6, 6.07) is 1.81. The molecule has 0 aromatic heterocycles. The van der Waals surface area contributed by atoms with Crippen molar-refractivity contribution in [3.05, 3.63) is 28.2 Å². The van der Waals surface area contributed by atoms with Gasteiger partial charge in [-0.1, -0.05) is 15.9 Å². The maximum absolute atomic E-state index is 13.6. The summed E-state index contributed by atoms with van der Waals surface area (Å²) in [4.78, 5) is 0. The predicted molar refractivity (Wildman–Crippen MR) is 68.1 cm³/mol. The number of rotatable bonds is 5. The molecule has 1 N–H and O–H groups in total. The van der Waals surface area contributed by atoms with E-state index in [9.17, 15) is 22.0 Å². The molecule has 8 heteroatoms. The van der Waals surface area contributed by atoms with Crippen LogP contribution in [0.15, 0.2) is 22.7 Å². The third-order valence-electron chi connectivity index (χ3n) is 2.61. The number of halogens is 6. The molecule has 0 bridgehead atoms. The van der Waals surface area contributed by atoms with Crippen molar-refractivity contribution in [2.24, 2.45) is 0 Å². The van der Waals surface area contributed by atoms with Crippen LogP contribution in [0.2, 0.25) is 0 Å². The van der Waals surface area contributed by atoms with Crippen molar-refractivity contribution >= 4 is 15.9 Å². The first-order chi connectivity index (χ1) is 9.15. The topological polar surface area (TPSA) is 21.3 Å². The summed E-state index contributed by atoms with van der Waals surface area (Å²) in [5, 5.41) is 2.02. The number of alkyl halides is 5. The monoisotopic (exact) mass is 361 g/mol. The van der Waals surface area contributed by atoms with E-state index in [1.54, 1.807) is 6.92 Å². The van der Waals surface area contributed by atoms with E-state index in [1.807, 2.05) is 5.32 Å². The average molecular weight is 362 g/mol. The Labute approximate surface area is 121 Å². The van der Waals surface area contributed by atoms with Crippen molar-refractivity contribution in [2.45, 2.75) is 25.1 Å². The quantitative estimate of drug-likeness (QED) is 0.789. The summed E-state index contributed by atoms with van der Waals surface area (Å²) in [6.07, 6.45) is -5.66. The van der Waals surface area contributed by atoms with E-state index in [-0.39, 0.29) is 17.9 Å². The van der Waals surface area contributed by atoms with Gasteiger partial charge >= 0.3 is 12.1 Å². The maximum atomic E-state index is 13.6. The van der Waals surface area contributed by atoms with E-state index in [2.05, 4.69) is 15.9 Å². The second-order valence-corrected chi connectivity index (χ2v) is 4.87. The summed E-state index contributed by atoms with van der Waals surface area (Å²) in [5.41, 5.74) is -0.258. The summed E-state index contributed by atoms with van der Waals surface area (Å²) in [7, 11) is 1.04. The summed E-state index contributed by atoms with van der Waals surface area (Å²) in [5.74, 6) is -4.94. The van der Waals surface area contributed by atoms with Gasteiger partial charge in [-0.3, -0.25) is 0 Å². The van der Waals surface area contributed by atoms with Gasteiger partial charge in [-0.2, -0.15) is 22.0 Å². The molecule has 20 heavy (non-hydrogen) atoms. The summed E-state index contributed by atoms with van der Waals surface area (Å²) < 4.78 is 70.2. The molecular formula is C12H13BrF5NO. The number of nitrogens with one attached hydrogen (secondary N) is 1. The highest BCUT2D eigenvalue weighted by Crippen LogP contribution is 2.46. The molecular weight excluding hydrogens is 349 g/mol. The van der Waals surface area contributed by atoms with Crippen LogP contribution in [0, 0.1) is 0 Å². The zero-order chi connectivity index (χ0) is 15.6. The Morgan fingerprint density at radius 2 is 1.85 bits per heavy atom. The van der Waals surface area contributed by atoms with E-state index >= 15 is 0 Å². The lowest BCUT2D eigenvalue weighted by Crippen LogP contribution is -2.47. The van der Waals surface area contributed by atoms with Crippen LogP contribution < -0.4 is 10.1 Å². The van der Waals surface area contributed by atoms with Gasteiger partial charge in [0.05, 0.1) is 6.61 Å². The summed E-state index contributed by atoms with van der Waals surface area (Å²) in [6.45, 7) is 1.77. The number of hydrogen-bond acceptors (Lipinski definition) is 2. The highest BCUT2D eigenvalue weighted by Gasteiger charge is 2.62. The van der Waals surface area contributed by atoms with E-state index in [0.717, 1.165) is 7.05 Å². The van der Waals surface area contributed by atoms with Crippen molar-refractivity contribution < 1.29 is 26.7 Å². The fourth-order valence-electron chi connectivity index (χ4n) is 1.73. The molecule has 1 rings (SSSR count). The molecule has 0 saturated carbocycles. The molecule has 1 atom stereocenters. The molecule has 0 aliphatic heterocycles. The van der Waals surface area contributed by atoms with Crippen molar-refractivity contribution in [3.8, 4) is 5.75 Å². The van der Waals surface area contributed by atoms with Gasteiger partial charge in [0.15, 0.2) is 0 Å². The fourth-order valence-corrected chi connectivity index (χ4v) is 2.11. The molecule has 0 fully saturated rings. The van der Waals surface area contributed by atoms with Gasteiger partial charge in [0.2, 0.25) is 0 Å². The molecule has 0 saturated heterocycles. The van der Waals surface area contributed by atoms with Crippen LogP contribution in [0.1, 0.15) is 18.5 Å². The van der Waals surface area contributed by atoms with Gasteiger partial charge in [-0.25, -0.2) is 0 Å². The second-order valence-electron chi connectivity index (χ2n) is 3.96. The van der Waals surface area contributed by atoms with Gasteiger partial charge in [0.1, 0.15) is 11.8 Å². The number of ether oxygens (including phenoxy) is 1. The van der Waals surface area contributed by atoms with Crippen molar-refractivity contribution in [1.82, 2.24) is 5.32 Å². The first-order valence-corrected chi connectivity index (χ1v) is 6.48. The van der Waals surface area contributed by atoms with Crippen LogP contribution in [-0.4, -0.2) is 25.8 Å². The lowest BCUT2D eigenvalue weighted by Gasteiger charge is -2.29. The smallest absolute Gasteiger partial charge is 0.455 e. The largest absolute Gasteiger partial charge is 0.494 e. The minimum Gasteiger partial charge on any atom is -0.494 e. The Morgan fingerprint density at radius 3 is 2.30 bits per heavy atom. The zero-order valence-corrected chi connectivity index (χ0v) is 12.3. The minimum atomic E-state index is -5.66. The average Bonchev–Trinajstić information content (AvgIpc) is 2.32. The lowest BCUT2D eigenvalue weighted by atomic mass is 9.99. The van der Waals surface area contributed by atoms with E-state index < -0.39 is 18.1 Å². The molecule has 0 radical (unpaired) electrons. The predicted octanol–water partition coefficient (Wildman–Crippen LogP) is 4.31. The van der Waals surface area contributed by atoms with Crippen LogP contribution in [0.5, 0.6) is 5.75 Å². The Morgan fingerprint density at radius 1 is 1.25 bits per heavy atom. The highest BCUT2D eigenvalue weighted by atomic mass is 79.9. The van der Waals surface area contributed by atoms with Gasteiger partial charge in [-0.05, 0) is 32.2 Å². The van der Waals surface area contributed by atoms with Crippen LogP contribution in [-0.2, 0) is 0 Å². The third kappa shape index (κ3) is 3.41. The summed E-state index contributed by atoms with van der Waals surface area (Å²) >= 11 is 3.05. The van der Waals surface area contributed by atoms with Gasteiger partial charge < -0.3 is 10.1 Å². The van der Waals surface area contributed by atoms with E-state index in [4.69, 9.17) is 4.74 Å². The normalized spacial score (nSPS) is 14.2. The van der Waals surface area contributed by atoms with Gasteiger partial charge in [0.25, 0.3) is 0 Å². The van der Waals surface area contributed by atoms with Crippen molar-refractivity contribution in [2.75, 3.05) is 13.7 Å². The van der Waals surface area contributed by atoms with Crippen molar-refractivity contribution in [3.63, 3.8) is 0 Å². The molecule has 1 aromatic rings. The molecule has 0 amide bonds. The molecule has 0 heterocycles. The molecule has 0 aliphatic rings. The SMILES string of the molecule is CCOc1ccc(Br)cc1C(NC)C(F)(F)C(F)(F)F. The Kier molecular flexibility index (Phi) is 5.37. The lowest BCUT2D eigenvalue weighted by molar-refractivity contribution is -0.294. The highest BCUT2D eigenvalue weighted by molar-refractivity contribution is 9.10. The Hall–Kier alpha value is -0.890. The van der Waals surface area contributed by atoms with Crippen LogP contribution in [0.3, 0.4) is 0 Å². The first kappa shape index (κ1) is 17.2. The molecule has 0 spiro atoms. The van der Waals surface area contributed by atoms with Gasteiger partial charge in [-0.15, -0.1) is 0 Å². The third-order valence-corrected chi connectivity index (χ3v) is 3.11. The van der Waals surface area contributed by atoms with Crippen LogP contribution >= 0.6 is 15.9 Å². The molecule has 0 aliphatic carbocycles. The number of benzene rings is 1.